The van der Waals surface area contributed by atoms with E-state index in [2.05, 4.69) is 0 Å². The summed E-state index contributed by atoms with van der Waals surface area (Å²) in [5.74, 6) is -3.25. The molecule has 14 heavy (non-hydrogen) atoms. The fourth-order valence-corrected chi connectivity index (χ4v) is 0.779. The van der Waals surface area contributed by atoms with Gasteiger partial charge in [0.25, 0.3) is 0 Å². The minimum Gasteiger partial charge on any atom is -0.481 e. The van der Waals surface area contributed by atoms with Gasteiger partial charge in [-0.3, -0.25) is 9.59 Å². The Hall–Kier alpha value is -1.10. The summed E-state index contributed by atoms with van der Waals surface area (Å²) in [7, 11) is 0. The van der Waals surface area contributed by atoms with Crippen LogP contribution in [0.15, 0.2) is 0 Å². The van der Waals surface area contributed by atoms with Gasteiger partial charge in [0.1, 0.15) is 0 Å². The lowest BCUT2D eigenvalue weighted by molar-refractivity contribution is -0.152. The van der Waals surface area contributed by atoms with Crippen molar-refractivity contribution in [2.75, 3.05) is 6.61 Å². The first kappa shape index (κ1) is 12.9. The maximum absolute atomic E-state index is 10.6. The van der Waals surface area contributed by atoms with Crippen LogP contribution in [0.5, 0.6) is 0 Å². The van der Waals surface area contributed by atoms with Crippen LogP contribution in [0.2, 0.25) is 0 Å². The highest BCUT2D eigenvalue weighted by molar-refractivity contribution is 5.77. The normalized spacial score (nSPS) is 13.6. The standard InChI is InChI=1S/C9H16O5/c1-9(2,3)14-5-6(8(12)13)4-7(10)11/h6H,4-5H2,1-3H3,(H,10,11)(H,12,13). The van der Waals surface area contributed by atoms with E-state index < -0.39 is 29.9 Å². The second kappa shape index (κ2) is 4.95. The summed E-state index contributed by atoms with van der Waals surface area (Å²) < 4.78 is 5.21. The molecule has 0 amide bonds. The Morgan fingerprint density at radius 2 is 1.79 bits per heavy atom. The number of carboxylic acids is 2. The Morgan fingerprint density at radius 3 is 2.07 bits per heavy atom. The van der Waals surface area contributed by atoms with Crippen molar-refractivity contribution in [1.82, 2.24) is 0 Å². The number of carboxylic acid groups (broad SMARTS) is 2. The minimum absolute atomic E-state index is 0.0782. The van der Waals surface area contributed by atoms with E-state index in [0.717, 1.165) is 0 Å². The Bertz CT molecular complexity index is 216. The monoisotopic (exact) mass is 204 g/mol. The molecule has 1 unspecified atom stereocenters. The van der Waals surface area contributed by atoms with Gasteiger partial charge in [-0.2, -0.15) is 0 Å². The molecule has 1 atom stereocenters. The highest BCUT2D eigenvalue weighted by Gasteiger charge is 2.23. The average molecular weight is 204 g/mol. The molecule has 5 heteroatoms. The average Bonchev–Trinajstić information content (AvgIpc) is 1.94. The molecule has 0 aliphatic heterocycles. The summed E-state index contributed by atoms with van der Waals surface area (Å²) in [6, 6.07) is 0. The molecule has 0 rings (SSSR count). The molecule has 0 bridgehead atoms. The van der Waals surface area contributed by atoms with Crippen LogP contribution in [-0.4, -0.2) is 34.4 Å². The van der Waals surface area contributed by atoms with Crippen molar-refractivity contribution in [3.63, 3.8) is 0 Å². The number of hydrogen-bond acceptors (Lipinski definition) is 3. The van der Waals surface area contributed by atoms with Crippen molar-refractivity contribution in [2.45, 2.75) is 32.8 Å². The summed E-state index contributed by atoms with van der Waals surface area (Å²) in [4.78, 5) is 20.9. The molecule has 0 aromatic heterocycles. The van der Waals surface area contributed by atoms with Crippen LogP contribution < -0.4 is 0 Å². The second-order valence-electron chi connectivity index (χ2n) is 4.06. The lowest BCUT2D eigenvalue weighted by atomic mass is 10.1. The molecule has 5 nitrogen and oxygen atoms in total. The van der Waals surface area contributed by atoms with Crippen LogP contribution >= 0.6 is 0 Å². The van der Waals surface area contributed by atoms with Gasteiger partial charge in [0.2, 0.25) is 0 Å². The number of rotatable bonds is 5. The third kappa shape index (κ3) is 6.42. The zero-order chi connectivity index (χ0) is 11.4. The molecule has 0 radical (unpaired) electrons. The van der Waals surface area contributed by atoms with Crippen LogP contribution in [0.3, 0.4) is 0 Å². The fourth-order valence-electron chi connectivity index (χ4n) is 0.779. The fraction of sp³-hybridized carbons (Fsp3) is 0.778. The van der Waals surface area contributed by atoms with Gasteiger partial charge in [-0.15, -0.1) is 0 Å². The second-order valence-corrected chi connectivity index (χ2v) is 4.06. The molecule has 0 aliphatic rings. The molecule has 0 aromatic carbocycles. The minimum atomic E-state index is -1.14. The number of ether oxygens (including phenoxy) is 1. The zero-order valence-corrected chi connectivity index (χ0v) is 8.61. The van der Waals surface area contributed by atoms with E-state index in [9.17, 15) is 9.59 Å². The van der Waals surface area contributed by atoms with Gasteiger partial charge >= 0.3 is 11.9 Å². The Morgan fingerprint density at radius 1 is 1.29 bits per heavy atom. The zero-order valence-electron chi connectivity index (χ0n) is 8.61. The SMILES string of the molecule is CC(C)(C)OCC(CC(=O)O)C(=O)O. The molecule has 0 heterocycles. The predicted octanol–water partition coefficient (Wildman–Crippen LogP) is 0.977. The summed E-state index contributed by atoms with van der Waals surface area (Å²) in [6.07, 6.45) is -0.411. The first-order chi connectivity index (χ1) is 6.22. The van der Waals surface area contributed by atoms with E-state index in [4.69, 9.17) is 14.9 Å². The molecule has 0 aliphatic carbocycles. The smallest absolute Gasteiger partial charge is 0.309 e. The van der Waals surface area contributed by atoms with Gasteiger partial charge < -0.3 is 14.9 Å². The summed E-state index contributed by atoms with van der Waals surface area (Å²) in [5.41, 5.74) is -0.452. The van der Waals surface area contributed by atoms with E-state index in [1.165, 1.54) is 0 Å². The molecule has 0 saturated heterocycles. The van der Waals surface area contributed by atoms with E-state index in [-0.39, 0.29) is 6.61 Å². The lowest BCUT2D eigenvalue weighted by Crippen LogP contribution is -2.29. The van der Waals surface area contributed by atoms with Crippen LogP contribution in [0, 0.1) is 5.92 Å². The van der Waals surface area contributed by atoms with E-state index in [1.807, 2.05) is 0 Å². The molecule has 0 aromatic rings. The van der Waals surface area contributed by atoms with Crippen molar-refractivity contribution < 1.29 is 24.5 Å². The maximum Gasteiger partial charge on any atom is 0.309 e. The van der Waals surface area contributed by atoms with Crippen molar-refractivity contribution >= 4 is 11.9 Å². The van der Waals surface area contributed by atoms with Crippen LogP contribution in [-0.2, 0) is 14.3 Å². The highest BCUT2D eigenvalue weighted by Crippen LogP contribution is 2.12. The van der Waals surface area contributed by atoms with Gasteiger partial charge in [-0.05, 0) is 20.8 Å². The van der Waals surface area contributed by atoms with E-state index in [1.54, 1.807) is 20.8 Å². The molecule has 0 fully saturated rings. The van der Waals surface area contributed by atoms with Crippen molar-refractivity contribution in [1.29, 1.82) is 0 Å². The Labute approximate surface area is 82.7 Å². The van der Waals surface area contributed by atoms with Crippen LogP contribution in [0.25, 0.3) is 0 Å². The Balaban J connectivity index is 4.11. The number of carbonyl (C=O) groups is 2. The molecule has 0 spiro atoms. The molecular formula is C9H16O5. The highest BCUT2D eigenvalue weighted by atomic mass is 16.5. The molecular weight excluding hydrogens is 188 g/mol. The van der Waals surface area contributed by atoms with Gasteiger partial charge in [0.05, 0.1) is 24.5 Å². The van der Waals surface area contributed by atoms with Crippen molar-refractivity contribution in [3.8, 4) is 0 Å². The largest absolute Gasteiger partial charge is 0.481 e. The van der Waals surface area contributed by atoms with E-state index >= 15 is 0 Å². The summed E-state index contributed by atoms with van der Waals surface area (Å²) in [5, 5.41) is 17.1. The summed E-state index contributed by atoms with van der Waals surface area (Å²) in [6.45, 7) is 5.27. The van der Waals surface area contributed by atoms with E-state index in [0.29, 0.717) is 0 Å². The molecule has 2 N–H and O–H groups in total. The Kier molecular flexibility index (Phi) is 4.56. The third-order valence-electron chi connectivity index (χ3n) is 1.49. The lowest BCUT2D eigenvalue weighted by Gasteiger charge is -2.21. The number of aliphatic carboxylic acids is 2. The third-order valence-corrected chi connectivity index (χ3v) is 1.49. The molecule has 82 valence electrons. The van der Waals surface area contributed by atoms with Gasteiger partial charge in [0.15, 0.2) is 0 Å². The first-order valence-corrected chi connectivity index (χ1v) is 4.31. The van der Waals surface area contributed by atoms with Gasteiger partial charge in [-0.1, -0.05) is 0 Å². The number of hydrogen-bond donors (Lipinski definition) is 2. The molecule has 0 saturated carbocycles. The van der Waals surface area contributed by atoms with Crippen molar-refractivity contribution in [2.24, 2.45) is 5.92 Å². The van der Waals surface area contributed by atoms with Gasteiger partial charge in [-0.25, -0.2) is 0 Å². The van der Waals surface area contributed by atoms with Crippen molar-refractivity contribution in [3.05, 3.63) is 0 Å². The topological polar surface area (TPSA) is 83.8 Å². The van der Waals surface area contributed by atoms with Gasteiger partial charge in [0, 0.05) is 0 Å². The van der Waals surface area contributed by atoms with Crippen LogP contribution in [0.4, 0.5) is 0 Å². The predicted molar refractivity (Wildman–Crippen MR) is 49.1 cm³/mol. The first-order valence-electron chi connectivity index (χ1n) is 4.31. The maximum atomic E-state index is 10.6. The quantitative estimate of drug-likeness (QED) is 0.697. The van der Waals surface area contributed by atoms with Crippen LogP contribution in [0.1, 0.15) is 27.2 Å². The summed E-state index contributed by atoms with van der Waals surface area (Å²) >= 11 is 0.